The maximum atomic E-state index is 12.7. The Labute approximate surface area is 210 Å². The summed E-state index contributed by atoms with van der Waals surface area (Å²) in [6.45, 7) is 1.69. The van der Waals surface area contributed by atoms with E-state index in [1.807, 2.05) is 12.1 Å². The lowest BCUT2D eigenvalue weighted by Crippen LogP contribution is -2.30. The first-order valence-corrected chi connectivity index (χ1v) is 11.4. The van der Waals surface area contributed by atoms with Crippen LogP contribution in [0.4, 0.5) is 5.95 Å². The number of rotatable bonds is 9. The van der Waals surface area contributed by atoms with Crippen molar-refractivity contribution in [1.82, 2.24) is 19.1 Å². The van der Waals surface area contributed by atoms with Crippen LogP contribution in [0, 0.1) is 0 Å². The maximum Gasteiger partial charge on any atom is 0.329 e. The molecule has 0 fully saturated rings. The number of aromatic nitrogens is 4. The van der Waals surface area contributed by atoms with Crippen molar-refractivity contribution >= 4 is 34.4 Å². The van der Waals surface area contributed by atoms with E-state index in [9.17, 15) is 14.7 Å². The number of aliphatic hydroxyl groups excluding tert-OH is 1. The number of methoxy groups -OCH3 is 1. The highest BCUT2D eigenvalue weighted by Crippen LogP contribution is 2.19. The normalized spacial score (nSPS) is 12.5. The van der Waals surface area contributed by atoms with Crippen LogP contribution in [0.25, 0.3) is 11.2 Å². The van der Waals surface area contributed by atoms with Gasteiger partial charge in [-0.25, -0.2) is 10.2 Å². The van der Waals surface area contributed by atoms with Crippen molar-refractivity contribution in [3.63, 3.8) is 0 Å². The second-order valence-electron chi connectivity index (χ2n) is 7.99. The van der Waals surface area contributed by atoms with Crippen molar-refractivity contribution < 1.29 is 14.6 Å². The molecule has 1 atom stereocenters. The van der Waals surface area contributed by atoms with Crippen molar-refractivity contribution in [1.29, 1.82) is 0 Å². The Bertz CT molecular complexity index is 1510. The molecule has 0 aliphatic carbocycles. The summed E-state index contributed by atoms with van der Waals surface area (Å²) in [5.41, 5.74) is 3.34. The molecule has 12 heteroatoms. The first kappa shape index (κ1) is 25.0. The SMILES string of the molecule is COc1ccc(OCC(O)Cn2c(N/N=C(\C)c3ccc(Cl)cc3)nc3c2c(=O)[nH]c(=O)n3C)cc1. The minimum Gasteiger partial charge on any atom is -0.497 e. The smallest absolute Gasteiger partial charge is 0.329 e. The van der Waals surface area contributed by atoms with Crippen LogP contribution in [-0.4, -0.2) is 49.7 Å². The van der Waals surface area contributed by atoms with Crippen molar-refractivity contribution in [3.8, 4) is 11.5 Å². The molecule has 0 spiro atoms. The van der Waals surface area contributed by atoms with E-state index in [0.717, 1.165) is 5.56 Å². The van der Waals surface area contributed by atoms with E-state index in [1.54, 1.807) is 50.4 Å². The fraction of sp³-hybridized carbons (Fsp3) is 0.250. The number of fused-ring (bicyclic) bond motifs is 1. The van der Waals surface area contributed by atoms with Gasteiger partial charge in [0.15, 0.2) is 11.2 Å². The number of hydrogen-bond acceptors (Lipinski definition) is 8. The highest BCUT2D eigenvalue weighted by atomic mass is 35.5. The monoisotopic (exact) mass is 512 g/mol. The number of H-pyrrole nitrogens is 1. The average molecular weight is 513 g/mol. The molecule has 0 aliphatic heterocycles. The van der Waals surface area contributed by atoms with Crippen LogP contribution in [0.15, 0.2) is 63.2 Å². The fourth-order valence-corrected chi connectivity index (χ4v) is 3.64. The molecule has 11 nitrogen and oxygen atoms in total. The molecule has 0 amide bonds. The van der Waals surface area contributed by atoms with Gasteiger partial charge >= 0.3 is 5.69 Å². The number of benzene rings is 2. The number of ether oxygens (including phenoxy) is 2. The van der Waals surface area contributed by atoms with Gasteiger partial charge in [-0.15, -0.1) is 0 Å². The number of halogens is 1. The molecule has 4 rings (SSSR count). The molecule has 4 aromatic rings. The lowest BCUT2D eigenvalue weighted by molar-refractivity contribution is 0.0938. The molecule has 2 heterocycles. The summed E-state index contributed by atoms with van der Waals surface area (Å²) < 4.78 is 13.5. The first-order valence-electron chi connectivity index (χ1n) is 11.0. The van der Waals surface area contributed by atoms with Crippen LogP contribution in [0.3, 0.4) is 0 Å². The molecule has 36 heavy (non-hydrogen) atoms. The van der Waals surface area contributed by atoms with Gasteiger partial charge in [0.25, 0.3) is 5.56 Å². The number of nitrogens with one attached hydrogen (secondary N) is 2. The number of aromatic amines is 1. The van der Waals surface area contributed by atoms with Crippen molar-refractivity contribution in [2.24, 2.45) is 12.1 Å². The lowest BCUT2D eigenvalue weighted by atomic mass is 10.1. The summed E-state index contributed by atoms with van der Waals surface area (Å²) in [6.07, 6.45) is -1.01. The van der Waals surface area contributed by atoms with E-state index < -0.39 is 17.4 Å². The summed E-state index contributed by atoms with van der Waals surface area (Å²) in [7, 11) is 3.06. The Morgan fingerprint density at radius 3 is 2.50 bits per heavy atom. The standard InChI is InChI=1S/C24H25ClN6O5/c1-14(15-4-6-16(25)7-5-15)28-29-23-26-21-20(22(33)27-24(34)30(21)2)31(23)12-17(32)13-36-19-10-8-18(35-3)9-11-19/h4-11,17,32H,12-13H2,1-3H3,(H,26,29)(H,27,33,34)/b28-14+. The number of imidazole rings is 1. The van der Waals surface area contributed by atoms with E-state index in [4.69, 9.17) is 21.1 Å². The highest BCUT2D eigenvalue weighted by Gasteiger charge is 2.20. The van der Waals surface area contributed by atoms with Crippen LogP contribution in [0.2, 0.25) is 5.02 Å². The van der Waals surface area contributed by atoms with Gasteiger partial charge in [-0.05, 0) is 48.9 Å². The largest absolute Gasteiger partial charge is 0.497 e. The molecule has 0 bridgehead atoms. The van der Waals surface area contributed by atoms with Crippen LogP contribution in [0.5, 0.6) is 11.5 Å². The zero-order valence-electron chi connectivity index (χ0n) is 19.9. The van der Waals surface area contributed by atoms with Crippen molar-refractivity contribution in [3.05, 3.63) is 80.0 Å². The maximum absolute atomic E-state index is 12.7. The summed E-state index contributed by atoms with van der Waals surface area (Å²) in [4.78, 5) is 31.4. The molecule has 1 unspecified atom stereocenters. The number of anilines is 1. The molecule has 0 aliphatic rings. The summed E-state index contributed by atoms with van der Waals surface area (Å²) >= 11 is 5.96. The first-order chi connectivity index (χ1) is 17.3. The van der Waals surface area contributed by atoms with Gasteiger partial charge in [0.2, 0.25) is 5.95 Å². The molecule has 0 saturated carbocycles. The third-order valence-electron chi connectivity index (χ3n) is 5.49. The Morgan fingerprint density at radius 1 is 1.17 bits per heavy atom. The fourth-order valence-electron chi connectivity index (χ4n) is 3.51. The summed E-state index contributed by atoms with van der Waals surface area (Å²) in [6, 6.07) is 14.1. The second kappa shape index (κ2) is 10.7. The lowest BCUT2D eigenvalue weighted by Gasteiger charge is -2.15. The number of aliphatic hydroxyl groups is 1. The Balaban J connectivity index is 1.62. The van der Waals surface area contributed by atoms with Gasteiger partial charge in [-0.3, -0.25) is 14.3 Å². The predicted molar refractivity (Wildman–Crippen MR) is 137 cm³/mol. The molecule has 3 N–H and O–H groups in total. The van der Waals surface area contributed by atoms with Crippen molar-refractivity contribution in [2.45, 2.75) is 19.6 Å². The molecule has 2 aromatic heterocycles. The summed E-state index contributed by atoms with van der Waals surface area (Å²) in [5.74, 6) is 1.41. The molecule has 0 radical (unpaired) electrons. The molecule has 2 aromatic carbocycles. The third-order valence-corrected chi connectivity index (χ3v) is 5.74. The quantitative estimate of drug-likeness (QED) is 0.231. The summed E-state index contributed by atoms with van der Waals surface area (Å²) in [5, 5.41) is 15.7. The number of hydrazone groups is 1. The van der Waals surface area contributed by atoms with E-state index in [0.29, 0.717) is 22.2 Å². The minimum atomic E-state index is -1.01. The Morgan fingerprint density at radius 2 is 1.83 bits per heavy atom. The molecular weight excluding hydrogens is 488 g/mol. The Hall–Kier alpha value is -4.09. The van der Waals surface area contributed by atoms with Gasteiger partial charge in [0.05, 0.1) is 19.4 Å². The van der Waals surface area contributed by atoms with Gasteiger partial charge < -0.3 is 19.1 Å². The Kier molecular flexibility index (Phi) is 7.41. The average Bonchev–Trinajstić information content (AvgIpc) is 3.24. The zero-order valence-corrected chi connectivity index (χ0v) is 20.6. The van der Waals surface area contributed by atoms with Gasteiger partial charge in [-0.1, -0.05) is 23.7 Å². The predicted octanol–water partition coefficient (Wildman–Crippen LogP) is 2.36. The van der Waals surface area contributed by atoms with Gasteiger partial charge in [0, 0.05) is 12.1 Å². The van der Waals surface area contributed by atoms with E-state index in [2.05, 4.69) is 20.5 Å². The molecule has 0 saturated heterocycles. The van der Waals surface area contributed by atoms with Crippen LogP contribution < -0.4 is 26.1 Å². The van der Waals surface area contributed by atoms with Crippen LogP contribution in [0.1, 0.15) is 12.5 Å². The van der Waals surface area contributed by atoms with E-state index in [-0.39, 0.29) is 30.3 Å². The topological polar surface area (TPSA) is 136 Å². The number of aryl methyl sites for hydroxylation is 1. The van der Waals surface area contributed by atoms with E-state index >= 15 is 0 Å². The van der Waals surface area contributed by atoms with Crippen LogP contribution in [-0.2, 0) is 13.6 Å². The van der Waals surface area contributed by atoms with E-state index in [1.165, 1.54) is 16.2 Å². The molecule has 188 valence electrons. The molecular formula is C24H25ClN6O5. The van der Waals surface area contributed by atoms with Crippen molar-refractivity contribution in [2.75, 3.05) is 19.1 Å². The third kappa shape index (κ3) is 5.42. The number of nitrogens with zero attached hydrogens (tertiary/aromatic N) is 4. The zero-order chi connectivity index (χ0) is 25.8. The highest BCUT2D eigenvalue weighted by molar-refractivity contribution is 6.30. The van der Waals surface area contributed by atoms with Gasteiger partial charge in [0.1, 0.15) is 24.2 Å². The number of hydrogen-bond donors (Lipinski definition) is 3. The van der Waals surface area contributed by atoms with Gasteiger partial charge in [-0.2, -0.15) is 10.1 Å². The second-order valence-corrected chi connectivity index (χ2v) is 8.43. The minimum absolute atomic E-state index is 0.0498. The van der Waals surface area contributed by atoms with Crippen LogP contribution >= 0.6 is 11.6 Å².